The van der Waals surface area contributed by atoms with E-state index in [1.165, 1.54) is 22.3 Å². The molecule has 0 saturated heterocycles. The fourth-order valence-electron chi connectivity index (χ4n) is 3.20. The lowest BCUT2D eigenvalue weighted by Crippen LogP contribution is -2.10. The smallest absolute Gasteiger partial charge is 0.248 e. The third kappa shape index (κ3) is 3.74. The molecule has 4 aromatic rings. The predicted molar refractivity (Wildman–Crippen MR) is 114 cm³/mol. The van der Waals surface area contributed by atoms with Crippen molar-refractivity contribution in [3.63, 3.8) is 0 Å². The van der Waals surface area contributed by atoms with Crippen molar-refractivity contribution >= 4 is 0 Å². The molecule has 0 spiro atoms. The van der Waals surface area contributed by atoms with E-state index in [0.29, 0.717) is 11.8 Å². The van der Waals surface area contributed by atoms with Gasteiger partial charge in [0.25, 0.3) is 0 Å². The average molecular weight is 368 g/mol. The third-order valence-electron chi connectivity index (χ3n) is 4.91. The molecule has 0 unspecified atom stereocenters. The molecule has 0 aliphatic heterocycles. The van der Waals surface area contributed by atoms with Crippen molar-refractivity contribution in [2.24, 2.45) is 0 Å². The zero-order valence-electron chi connectivity index (χ0n) is 16.7. The standard InChI is InChI=1S/C25H24N2O/c1-17-6-5-7-21(16-17)18-8-10-19(11-9-18)23-26-27-24(28-23)20-12-14-22(15-13-20)25(2,3)4/h5-16H,1-4H3. The first-order valence-corrected chi connectivity index (χ1v) is 9.52. The lowest BCUT2D eigenvalue weighted by Gasteiger charge is -2.18. The summed E-state index contributed by atoms with van der Waals surface area (Å²) in [6.07, 6.45) is 0. The van der Waals surface area contributed by atoms with Crippen LogP contribution in [0.25, 0.3) is 34.0 Å². The second kappa shape index (κ2) is 7.08. The average Bonchev–Trinajstić information content (AvgIpc) is 3.18. The Hall–Kier alpha value is -3.20. The lowest BCUT2D eigenvalue weighted by atomic mass is 9.87. The maximum atomic E-state index is 5.92. The molecule has 3 heteroatoms. The summed E-state index contributed by atoms with van der Waals surface area (Å²) in [7, 11) is 0. The van der Waals surface area contributed by atoms with E-state index in [4.69, 9.17) is 4.42 Å². The van der Waals surface area contributed by atoms with Crippen LogP contribution in [-0.2, 0) is 5.41 Å². The summed E-state index contributed by atoms with van der Waals surface area (Å²) in [4.78, 5) is 0. The Kier molecular flexibility index (Phi) is 4.60. The van der Waals surface area contributed by atoms with Crippen LogP contribution in [0.2, 0.25) is 0 Å². The van der Waals surface area contributed by atoms with Crippen molar-refractivity contribution < 1.29 is 4.42 Å². The van der Waals surface area contributed by atoms with E-state index < -0.39 is 0 Å². The molecule has 3 aromatic carbocycles. The van der Waals surface area contributed by atoms with Crippen molar-refractivity contribution in [2.75, 3.05) is 0 Å². The molecule has 1 aromatic heterocycles. The van der Waals surface area contributed by atoms with Crippen LogP contribution in [0.4, 0.5) is 0 Å². The van der Waals surface area contributed by atoms with E-state index in [0.717, 1.165) is 11.1 Å². The molecule has 3 nitrogen and oxygen atoms in total. The minimum atomic E-state index is 0.123. The summed E-state index contributed by atoms with van der Waals surface area (Å²) in [5, 5.41) is 8.46. The van der Waals surface area contributed by atoms with E-state index in [-0.39, 0.29) is 5.41 Å². The first kappa shape index (κ1) is 18.2. The van der Waals surface area contributed by atoms with Crippen LogP contribution in [-0.4, -0.2) is 10.2 Å². The van der Waals surface area contributed by atoms with Crippen molar-refractivity contribution in [1.29, 1.82) is 0 Å². The van der Waals surface area contributed by atoms with E-state index in [2.05, 4.69) is 86.4 Å². The molecular formula is C25H24N2O. The van der Waals surface area contributed by atoms with Crippen LogP contribution in [0.3, 0.4) is 0 Å². The molecule has 4 rings (SSSR count). The van der Waals surface area contributed by atoms with Gasteiger partial charge < -0.3 is 4.42 Å². The van der Waals surface area contributed by atoms with Gasteiger partial charge in [-0.15, -0.1) is 10.2 Å². The van der Waals surface area contributed by atoms with Crippen molar-refractivity contribution in [2.45, 2.75) is 33.1 Å². The third-order valence-corrected chi connectivity index (χ3v) is 4.91. The van der Waals surface area contributed by atoms with Gasteiger partial charge in [0, 0.05) is 11.1 Å². The van der Waals surface area contributed by atoms with Crippen LogP contribution in [0.15, 0.2) is 77.2 Å². The van der Waals surface area contributed by atoms with E-state index in [1.54, 1.807) is 0 Å². The molecule has 0 N–H and O–H groups in total. The zero-order valence-corrected chi connectivity index (χ0v) is 16.7. The van der Waals surface area contributed by atoms with Gasteiger partial charge in [-0.25, -0.2) is 0 Å². The summed E-state index contributed by atoms with van der Waals surface area (Å²) in [6, 6.07) is 25.0. The molecule has 140 valence electrons. The second-order valence-electron chi connectivity index (χ2n) is 8.19. The minimum absolute atomic E-state index is 0.123. The summed E-state index contributed by atoms with van der Waals surface area (Å²) in [5.74, 6) is 1.07. The van der Waals surface area contributed by atoms with E-state index in [1.807, 2.05) is 24.3 Å². The molecule has 0 atom stereocenters. The Morgan fingerprint density at radius 2 is 1.18 bits per heavy atom. The first-order chi connectivity index (χ1) is 13.4. The molecule has 0 fully saturated rings. The summed E-state index contributed by atoms with van der Waals surface area (Å²) in [5.41, 5.74) is 6.88. The van der Waals surface area contributed by atoms with Crippen LogP contribution in [0.1, 0.15) is 31.9 Å². The van der Waals surface area contributed by atoms with Gasteiger partial charge in [0.15, 0.2) is 0 Å². The van der Waals surface area contributed by atoms with E-state index >= 15 is 0 Å². The normalized spacial score (nSPS) is 11.6. The maximum absolute atomic E-state index is 5.92. The summed E-state index contributed by atoms with van der Waals surface area (Å²) >= 11 is 0. The fraction of sp³-hybridized carbons (Fsp3) is 0.200. The van der Waals surface area contributed by atoms with Crippen LogP contribution >= 0.6 is 0 Å². The monoisotopic (exact) mass is 368 g/mol. The highest BCUT2D eigenvalue weighted by Gasteiger charge is 2.15. The predicted octanol–water partition coefficient (Wildman–Crippen LogP) is 6.68. The number of hydrogen-bond acceptors (Lipinski definition) is 3. The maximum Gasteiger partial charge on any atom is 0.248 e. The van der Waals surface area contributed by atoms with Crippen molar-refractivity contribution in [3.8, 4) is 34.0 Å². The molecule has 1 heterocycles. The van der Waals surface area contributed by atoms with Gasteiger partial charge in [-0.3, -0.25) is 0 Å². The lowest BCUT2D eigenvalue weighted by molar-refractivity contribution is 0.582. The number of aryl methyl sites for hydroxylation is 1. The Morgan fingerprint density at radius 1 is 0.643 bits per heavy atom. The van der Waals surface area contributed by atoms with Gasteiger partial charge in [0.1, 0.15) is 0 Å². The van der Waals surface area contributed by atoms with Gasteiger partial charge in [-0.2, -0.15) is 0 Å². The second-order valence-corrected chi connectivity index (χ2v) is 8.19. The summed E-state index contributed by atoms with van der Waals surface area (Å²) in [6.45, 7) is 8.71. The largest absolute Gasteiger partial charge is 0.416 e. The van der Waals surface area contributed by atoms with Crippen LogP contribution < -0.4 is 0 Å². The Balaban J connectivity index is 1.57. The van der Waals surface area contributed by atoms with Gasteiger partial charge in [-0.1, -0.05) is 74.9 Å². The highest BCUT2D eigenvalue weighted by atomic mass is 16.4. The Morgan fingerprint density at radius 3 is 1.71 bits per heavy atom. The summed E-state index contributed by atoms with van der Waals surface area (Å²) < 4.78 is 5.92. The zero-order chi connectivity index (χ0) is 19.7. The van der Waals surface area contributed by atoms with Crippen molar-refractivity contribution in [3.05, 3.63) is 83.9 Å². The molecular weight excluding hydrogens is 344 g/mol. The fourth-order valence-corrected chi connectivity index (χ4v) is 3.20. The van der Waals surface area contributed by atoms with Crippen LogP contribution in [0, 0.1) is 6.92 Å². The van der Waals surface area contributed by atoms with Gasteiger partial charge in [0.05, 0.1) is 0 Å². The van der Waals surface area contributed by atoms with Gasteiger partial charge >= 0.3 is 0 Å². The highest BCUT2D eigenvalue weighted by Crippen LogP contribution is 2.29. The van der Waals surface area contributed by atoms with Gasteiger partial charge in [0.2, 0.25) is 11.8 Å². The first-order valence-electron chi connectivity index (χ1n) is 9.52. The Bertz CT molecular complexity index is 1080. The Labute approximate surface area is 166 Å². The molecule has 0 bridgehead atoms. The molecule has 0 saturated carbocycles. The SMILES string of the molecule is Cc1cccc(-c2ccc(-c3nnc(-c4ccc(C(C)(C)C)cc4)o3)cc2)c1. The topological polar surface area (TPSA) is 38.9 Å². The molecule has 0 aliphatic rings. The number of aromatic nitrogens is 2. The minimum Gasteiger partial charge on any atom is -0.416 e. The van der Waals surface area contributed by atoms with E-state index in [9.17, 15) is 0 Å². The number of hydrogen-bond donors (Lipinski definition) is 0. The molecule has 0 amide bonds. The highest BCUT2D eigenvalue weighted by molar-refractivity contribution is 5.68. The van der Waals surface area contributed by atoms with Gasteiger partial charge in [-0.05, 0) is 53.3 Å². The molecule has 0 aliphatic carbocycles. The van der Waals surface area contributed by atoms with Crippen molar-refractivity contribution in [1.82, 2.24) is 10.2 Å². The molecule has 0 radical (unpaired) electrons. The number of benzene rings is 3. The number of rotatable bonds is 3. The quantitative estimate of drug-likeness (QED) is 0.405. The van der Waals surface area contributed by atoms with Crippen LogP contribution in [0.5, 0.6) is 0 Å². The number of nitrogens with zero attached hydrogens (tertiary/aromatic N) is 2. The molecule has 28 heavy (non-hydrogen) atoms.